The normalized spacial score (nSPS) is 12.3. The lowest BCUT2D eigenvalue weighted by molar-refractivity contribution is -0.385. The van der Waals surface area contributed by atoms with Crippen LogP contribution in [-0.4, -0.2) is 50.4 Å². The molecule has 13 heteroatoms. The first kappa shape index (κ1) is 34.0. The molecular formula is C31H33BrN4O8. The second-order valence-electron chi connectivity index (χ2n) is 9.55. The third-order valence-corrected chi connectivity index (χ3v) is 7.13. The molecule has 0 amide bonds. The van der Waals surface area contributed by atoms with Gasteiger partial charge in [0, 0.05) is 40.7 Å². The second kappa shape index (κ2) is 17.0. The molecule has 1 fully saturated rings. The molecule has 0 bridgehead atoms. The zero-order valence-electron chi connectivity index (χ0n) is 24.3. The van der Waals surface area contributed by atoms with Crippen LogP contribution in [0.5, 0.6) is 11.5 Å². The van der Waals surface area contributed by atoms with Crippen LogP contribution in [0.25, 0.3) is 22.5 Å². The second-order valence-corrected chi connectivity index (χ2v) is 10.1. The van der Waals surface area contributed by atoms with E-state index in [-0.39, 0.29) is 24.1 Å². The molecule has 0 atom stereocenters. The Hall–Kier alpha value is -4.46. The number of nitro groups is 2. The number of aliphatic hydroxyl groups excluding tert-OH is 2. The molecule has 1 aliphatic carbocycles. The van der Waals surface area contributed by atoms with E-state index >= 15 is 0 Å². The van der Waals surface area contributed by atoms with E-state index in [2.05, 4.69) is 25.9 Å². The largest absolute Gasteiger partial charge is 0.494 e. The van der Waals surface area contributed by atoms with Crippen LogP contribution in [0.1, 0.15) is 37.1 Å². The summed E-state index contributed by atoms with van der Waals surface area (Å²) in [6, 6.07) is 19.4. The van der Waals surface area contributed by atoms with E-state index in [1.54, 1.807) is 49.6 Å². The molecule has 2 aromatic heterocycles. The number of benzene rings is 2. The van der Waals surface area contributed by atoms with Crippen molar-refractivity contribution in [2.24, 2.45) is 0 Å². The SMILES string of the molecule is COc1ccc(CBr)nc1-c1cccc([N+](=O)[O-])c1.COc1ccc(CO)nc1-c1cccc([N+](=O)[O-])c1.OC1CCCC1. The number of hydrogen-bond donors (Lipinski definition) is 2. The first-order chi connectivity index (χ1) is 21.2. The molecule has 5 rings (SSSR count). The van der Waals surface area contributed by atoms with Crippen LogP contribution in [0, 0.1) is 20.2 Å². The van der Waals surface area contributed by atoms with Crippen LogP contribution in [0.4, 0.5) is 11.4 Å². The summed E-state index contributed by atoms with van der Waals surface area (Å²) in [4.78, 5) is 29.4. The lowest BCUT2D eigenvalue weighted by atomic mass is 10.1. The Bertz CT molecular complexity index is 1450. The zero-order valence-corrected chi connectivity index (χ0v) is 25.8. The fourth-order valence-corrected chi connectivity index (χ4v) is 4.63. The highest BCUT2D eigenvalue weighted by Crippen LogP contribution is 2.31. The molecule has 232 valence electrons. The summed E-state index contributed by atoms with van der Waals surface area (Å²) in [7, 11) is 3.04. The number of hydrogen-bond acceptors (Lipinski definition) is 10. The first-order valence-electron chi connectivity index (χ1n) is 13.6. The maximum absolute atomic E-state index is 10.8. The lowest BCUT2D eigenvalue weighted by Gasteiger charge is -2.09. The van der Waals surface area contributed by atoms with Gasteiger partial charge in [-0.15, -0.1) is 0 Å². The van der Waals surface area contributed by atoms with Gasteiger partial charge in [-0.3, -0.25) is 20.2 Å². The van der Waals surface area contributed by atoms with E-state index in [0.29, 0.717) is 45.0 Å². The van der Waals surface area contributed by atoms with Gasteiger partial charge >= 0.3 is 0 Å². The Morgan fingerprint density at radius 2 is 1.25 bits per heavy atom. The number of ether oxygens (including phenoxy) is 2. The Balaban J connectivity index is 0.000000202. The summed E-state index contributed by atoms with van der Waals surface area (Å²) in [6.07, 6.45) is 4.60. The maximum Gasteiger partial charge on any atom is 0.270 e. The molecule has 4 aromatic rings. The van der Waals surface area contributed by atoms with Crippen LogP contribution < -0.4 is 9.47 Å². The van der Waals surface area contributed by atoms with Gasteiger partial charge in [-0.1, -0.05) is 53.0 Å². The van der Waals surface area contributed by atoms with Crippen molar-refractivity contribution >= 4 is 27.3 Å². The van der Waals surface area contributed by atoms with Gasteiger partial charge in [0.1, 0.15) is 22.9 Å². The number of aromatic nitrogens is 2. The van der Waals surface area contributed by atoms with Crippen molar-refractivity contribution in [3.8, 4) is 34.0 Å². The summed E-state index contributed by atoms with van der Waals surface area (Å²) < 4.78 is 10.4. The van der Waals surface area contributed by atoms with E-state index in [4.69, 9.17) is 19.7 Å². The predicted molar refractivity (Wildman–Crippen MR) is 169 cm³/mol. The minimum absolute atomic E-state index is 0.0178. The van der Waals surface area contributed by atoms with Crippen molar-refractivity contribution in [2.75, 3.05) is 14.2 Å². The summed E-state index contributed by atoms with van der Waals surface area (Å²) >= 11 is 3.34. The average molecular weight is 670 g/mol. The minimum atomic E-state index is -0.466. The van der Waals surface area contributed by atoms with Crippen molar-refractivity contribution < 1.29 is 29.5 Å². The van der Waals surface area contributed by atoms with Crippen LogP contribution in [0.3, 0.4) is 0 Å². The monoisotopic (exact) mass is 668 g/mol. The van der Waals surface area contributed by atoms with Crippen molar-refractivity contribution in [3.63, 3.8) is 0 Å². The van der Waals surface area contributed by atoms with Gasteiger partial charge in [-0.25, -0.2) is 9.97 Å². The molecule has 2 aromatic carbocycles. The van der Waals surface area contributed by atoms with E-state index in [1.165, 1.54) is 44.2 Å². The number of nitrogens with zero attached hydrogens (tertiary/aromatic N) is 4. The number of pyridine rings is 2. The summed E-state index contributed by atoms with van der Waals surface area (Å²) in [5.74, 6) is 1.09. The third kappa shape index (κ3) is 9.53. The van der Waals surface area contributed by atoms with Crippen molar-refractivity contribution in [1.82, 2.24) is 9.97 Å². The Kier molecular flexibility index (Phi) is 13.1. The molecule has 0 aliphatic heterocycles. The van der Waals surface area contributed by atoms with Gasteiger partial charge in [0.15, 0.2) is 0 Å². The van der Waals surface area contributed by atoms with Crippen molar-refractivity contribution in [2.45, 2.75) is 43.7 Å². The van der Waals surface area contributed by atoms with Crippen LogP contribution in [-0.2, 0) is 11.9 Å². The molecule has 2 N–H and O–H groups in total. The van der Waals surface area contributed by atoms with E-state index in [1.807, 2.05) is 6.07 Å². The van der Waals surface area contributed by atoms with Gasteiger partial charge in [-0.2, -0.15) is 0 Å². The highest BCUT2D eigenvalue weighted by Gasteiger charge is 2.14. The fraction of sp³-hybridized carbons (Fsp3) is 0.290. The van der Waals surface area contributed by atoms with Crippen LogP contribution >= 0.6 is 15.9 Å². The van der Waals surface area contributed by atoms with Gasteiger partial charge in [0.2, 0.25) is 0 Å². The molecule has 0 radical (unpaired) electrons. The Morgan fingerprint density at radius 1 is 0.795 bits per heavy atom. The van der Waals surface area contributed by atoms with E-state index in [9.17, 15) is 20.2 Å². The number of nitro benzene ring substituents is 2. The molecule has 0 unspecified atom stereocenters. The number of aliphatic hydroxyl groups is 2. The maximum atomic E-state index is 10.8. The van der Waals surface area contributed by atoms with Crippen molar-refractivity contribution in [3.05, 3.63) is 104 Å². The number of halogens is 1. The number of alkyl halides is 1. The van der Waals surface area contributed by atoms with E-state index < -0.39 is 9.85 Å². The highest BCUT2D eigenvalue weighted by molar-refractivity contribution is 9.08. The summed E-state index contributed by atoms with van der Waals surface area (Å²) in [5, 5.41) is 40.0. The quantitative estimate of drug-likeness (QED) is 0.118. The van der Waals surface area contributed by atoms with Crippen LogP contribution in [0.15, 0.2) is 72.8 Å². The highest BCUT2D eigenvalue weighted by atomic mass is 79.9. The van der Waals surface area contributed by atoms with Crippen molar-refractivity contribution in [1.29, 1.82) is 0 Å². The average Bonchev–Trinajstić information content (AvgIpc) is 3.55. The van der Waals surface area contributed by atoms with E-state index in [0.717, 1.165) is 18.5 Å². The number of methoxy groups -OCH3 is 2. The zero-order chi connectivity index (χ0) is 32.1. The fourth-order valence-electron chi connectivity index (χ4n) is 4.32. The molecule has 2 heterocycles. The molecule has 1 aliphatic rings. The Labute approximate surface area is 262 Å². The molecule has 12 nitrogen and oxygen atoms in total. The van der Waals surface area contributed by atoms with Crippen LogP contribution in [0.2, 0.25) is 0 Å². The lowest BCUT2D eigenvalue weighted by Crippen LogP contribution is -1.97. The molecule has 1 saturated carbocycles. The minimum Gasteiger partial charge on any atom is -0.494 e. The van der Waals surface area contributed by atoms with Gasteiger partial charge in [0.05, 0.1) is 48.2 Å². The first-order valence-corrected chi connectivity index (χ1v) is 14.7. The molecule has 0 spiro atoms. The molecule has 0 saturated heterocycles. The standard InChI is InChI=1S/C13H11BrN2O3.C13H12N2O4.C5H10O/c1-19-12-6-5-10(8-14)15-13(12)9-3-2-4-11(7-9)16(17)18;1-19-12-6-5-10(8-16)14-13(12)9-3-2-4-11(7-9)15(17)18;6-5-3-1-2-4-5/h2-7H,8H2,1H3;2-7,16H,8H2,1H3;5-6H,1-4H2. The molecular weight excluding hydrogens is 636 g/mol. The summed E-state index contributed by atoms with van der Waals surface area (Å²) in [5.41, 5.74) is 3.63. The number of non-ortho nitro benzene ring substituents is 2. The van der Waals surface area contributed by atoms with Gasteiger partial charge in [0.25, 0.3) is 11.4 Å². The number of rotatable bonds is 8. The predicted octanol–water partition coefficient (Wildman–Crippen LogP) is 6.64. The topological polar surface area (TPSA) is 171 Å². The molecule has 44 heavy (non-hydrogen) atoms. The van der Waals surface area contributed by atoms with Gasteiger partial charge < -0.3 is 19.7 Å². The third-order valence-electron chi connectivity index (χ3n) is 6.56. The smallest absolute Gasteiger partial charge is 0.270 e. The Morgan fingerprint density at radius 3 is 1.61 bits per heavy atom. The van der Waals surface area contributed by atoms with Gasteiger partial charge in [-0.05, 0) is 37.1 Å². The summed E-state index contributed by atoms with van der Waals surface area (Å²) in [6.45, 7) is -0.202.